The smallest absolute Gasteiger partial charge is 0.329 e. The van der Waals surface area contributed by atoms with E-state index >= 15 is 0 Å². The van der Waals surface area contributed by atoms with Crippen LogP contribution in [0.2, 0.25) is 0 Å². The first kappa shape index (κ1) is 23.4. The van der Waals surface area contributed by atoms with Gasteiger partial charge in [0.15, 0.2) is 5.65 Å². The molecule has 2 amide bonds. The Hall–Kier alpha value is -4.74. The van der Waals surface area contributed by atoms with Crippen molar-refractivity contribution < 1.29 is 18.7 Å². The lowest BCUT2D eigenvalue weighted by Gasteiger charge is -2.13. The number of carbonyl (C=O) groups is 2. The van der Waals surface area contributed by atoms with Crippen molar-refractivity contribution in [3.05, 3.63) is 80.5 Å². The van der Waals surface area contributed by atoms with Gasteiger partial charge in [-0.2, -0.15) is 0 Å². The number of hydrogen-bond acceptors (Lipinski definition) is 6. The summed E-state index contributed by atoms with van der Waals surface area (Å²) >= 11 is 0. The maximum atomic E-state index is 13.4. The third-order valence-corrected chi connectivity index (χ3v) is 5.21. The summed E-state index contributed by atoms with van der Waals surface area (Å²) in [5.74, 6) is -0.700. The number of aromatic nitrogens is 4. The van der Waals surface area contributed by atoms with Crippen LogP contribution in [0.3, 0.4) is 0 Å². The van der Waals surface area contributed by atoms with E-state index in [-0.39, 0.29) is 41.2 Å². The van der Waals surface area contributed by atoms with Crippen molar-refractivity contribution in [1.29, 1.82) is 0 Å². The molecule has 4 N–H and O–H groups in total. The third-order valence-electron chi connectivity index (χ3n) is 5.21. The monoisotopic (exact) mass is 480 g/mol. The lowest BCUT2D eigenvalue weighted by Crippen LogP contribution is -2.28. The lowest BCUT2D eigenvalue weighted by molar-refractivity contribution is -0.116. The van der Waals surface area contributed by atoms with Crippen molar-refractivity contribution >= 4 is 34.4 Å². The number of rotatable bonds is 7. The molecule has 2 aromatic heterocycles. The van der Waals surface area contributed by atoms with Gasteiger partial charge in [0, 0.05) is 31.1 Å². The van der Waals surface area contributed by atoms with Crippen LogP contribution >= 0.6 is 0 Å². The first-order valence-electron chi connectivity index (χ1n) is 10.5. The fourth-order valence-electron chi connectivity index (χ4n) is 3.43. The van der Waals surface area contributed by atoms with Gasteiger partial charge >= 0.3 is 5.69 Å². The Morgan fingerprint density at radius 2 is 1.91 bits per heavy atom. The highest BCUT2D eigenvalue weighted by Crippen LogP contribution is 2.28. The zero-order valence-electron chi connectivity index (χ0n) is 18.8. The summed E-state index contributed by atoms with van der Waals surface area (Å²) in [6.45, 7) is 0. The number of amides is 2. The molecule has 0 aliphatic heterocycles. The zero-order chi connectivity index (χ0) is 25.1. The average molecular weight is 480 g/mol. The summed E-state index contributed by atoms with van der Waals surface area (Å²) < 4.78 is 19.9. The summed E-state index contributed by atoms with van der Waals surface area (Å²) in [5, 5.41) is 5.37. The molecule has 0 spiro atoms. The van der Waals surface area contributed by atoms with Crippen LogP contribution in [-0.4, -0.2) is 38.4 Å². The Morgan fingerprint density at radius 3 is 2.66 bits per heavy atom. The molecule has 0 saturated carbocycles. The number of carbonyl (C=O) groups excluding carboxylic acids is 2. The van der Waals surface area contributed by atoms with Gasteiger partial charge in [-0.1, -0.05) is 6.07 Å². The summed E-state index contributed by atoms with van der Waals surface area (Å²) in [4.78, 5) is 57.9. The maximum Gasteiger partial charge on any atom is 0.329 e. The quantitative estimate of drug-likeness (QED) is 0.317. The van der Waals surface area contributed by atoms with E-state index in [1.165, 1.54) is 43.0 Å². The topological polar surface area (TPSA) is 151 Å². The molecule has 0 unspecified atom stereocenters. The molecular formula is C23H21FN6O5. The minimum atomic E-state index is -0.586. The first-order chi connectivity index (χ1) is 16.7. The predicted octanol–water partition coefficient (Wildman–Crippen LogP) is 1.92. The van der Waals surface area contributed by atoms with Gasteiger partial charge in [-0.3, -0.25) is 23.9 Å². The van der Waals surface area contributed by atoms with E-state index in [0.717, 1.165) is 6.07 Å². The highest BCUT2D eigenvalue weighted by molar-refractivity contribution is 6.05. The van der Waals surface area contributed by atoms with Crippen molar-refractivity contribution in [1.82, 2.24) is 19.5 Å². The van der Waals surface area contributed by atoms with Crippen LogP contribution in [0.1, 0.15) is 22.6 Å². The van der Waals surface area contributed by atoms with E-state index in [1.807, 2.05) is 0 Å². The summed E-state index contributed by atoms with van der Waals surface area (Å²) in [5.41, 5.74) is -0.00998. The summed E-state index contributed by atoms with van der Waals surface area (Å²) in [7, 11) is 2.91. The Labute approximate surface area is 197 Å². The second kappa shape index (κ2) is 9.63. The molecule has 0 saturated heterocycles. The molecular weight excluding hydrogens is 459 g/mol. The number of anilines is 2. The van der Waals surface area contributed by atoms with Crippen LogP contribution in [0, 0.1) is 5.82 Å². The lowest BCUT2D eigenvalue weighted by atomic mass is 10.2. The van der Waals surface area contributed by atoms with Crippen LogP contribution in [0.25, 0.3) is 11.2 Å². The predicted molar refractivity (Wildman–Crippen MR) is 126 cm³/mol. The largest absolute Gasteiger partial charge is 0.495 e. The van der Waals surface area contributed by atoms with Crippen molar-refractivity contribution in [2.24, 2.45) is 7.05 Å². The van der Waals surface area contributed by atoms with Crippen LogP contribution < -0.4 is 26.6 Å². The number of aromatic amines is 2. The van der Waals surface area contributed by atoms with E-state index in [4.69, 9.17) is 4.74 Å². The van der Waals surface area contributed by atoms with Crippen LogP contribution in [-0.2, 0) is 18.3 Å². The average Bonchev–Trinajstić information content (AvgIpc) is 3.27. The Morgan fingerprint density at radius 1 is 1.11 bits per heavy atom. The van der Waals surface area contributed by atoms with Crippen molar-refractivity contribution in [3.63, 3.8) is 0 Å². The molecule has 0 atom stereocenters. The number of halogens is 1. The number of nitrogens with zero attached hydrogens (tertiary/aromatic N) is 2. The second-order valence-corrected chi connectivity index (χ2v) is 7.63. The van der Waals surface area contributed by atoms with Crippen LogP contribution in [0.4, 0.5) is 15.8 Å². The van der Waals surface area contributed by atoms with Crippen LogP contribution in [0.5, 0.6) is 5.75 Å². The number of hydrogen-bond donors (Lipinski definition) is 4. The molecule has 0 radical (unpaired) electrons. The maximum absolute atomic E-state index is 13.4. The molecule has 0 bridgehead atoms. The fraction of sp³-hybridized carbons (Fsp3) is 0.174. The van der Waals surface area contributed by atoms with E-state index in [9.17, 15) is 23.6 Å². The van der Waals surface area contributed by atoms with E-state index < -0.39 is 23.0 Å². The number of imidazole rings is 1. The molecule has 0 aliphatic carbocycles. The van der Waals surface area contributed by atoms with Gasteiger partial charge in [-0.25, -0.2) is 14.2 Å². The van der Waals surface area contributed by atoms with Gasteiger partial charge in [0.1, 0.15) is 22.9 Å². The number of ether oxygens (including phenoxy) is 1. The molecule has 2 aromatic carbocycles. The Kier molecular flexibility index (Phi) is 6.44. The molecule has 180 valence electrons. The van der Waals surface area contributed by atoms with Gasteiger partial charge < -0.3 is 20.4 Å². The van der Waals surface area contributed by atoms with Crippen LogP contribution in [0.15, 0.2) is 52.1 Å². The second-order valence-electron chi connectivity index (χ2n) is 7.63. The van der Waals surface area contributed by atoms with E-state index in [1.54, 1.807) is 12.1 Å². The van der Waals surface area contributed by atoms with Crippen molar-refractivity contribution in [3.8, 4) is 5.75 Å². The number of H-pyrrole nitrogens is 2. The molecule has 11 nitrogen and oxygen atoms in total. The molecule has 4 aromatic rings. The van der Waals surface area contributed by atoms with Gasteiger partial charge in [-0.15, -0.1) is 0 Å². The normalized spacial score (nSPS) is 10.8. The van der Waals surface area contributed by atoms with E-state index in [0.29, 0.717) is 17.3 Å². The molecule has 0 fully saturated rings. The fourth-order valence-corrected chi connectivity index (χ4v) is 3.43. The molecule has 35 heavy (non-hydrogen) atoms. The number of benzene rings is 2. The van der Waals surface area contributed by atoms with Crippen molar-refractivity contribution in [2.45, 2.75) is 12.8 Å². The van der Waals surface area contributed by atoms with Gasteiger partial charge in [0.2, 0.25) is 5.91 Å². The zero-order valence-corrected chi connectivity index (χ0v) is 18.8. The highest BCUT2D eigenvalue weighted by Gasteiger charge is 2.14. The number of methoxy groups -OCH3 is 1. The number of fused-ring (bicyclic) bond motifs is 1. The standard InChI is InChI=1S/C23H21FN6O5/c1-30-20-19(22(33)29-23(30)34)27-17(28-20)8-9-18(31)25-14-6-7-16(35-2)15(11-14)26-21(32)12-4-3-5-13(24)10-12/h3-7,10-11H,8-9H2,1-2H3,(H,25,31)(H,26,32)(H,27,28)(H,29,33,34). The third kappa shape index (κ3) is 5.11. The molecule has 2 heterocycles. The summed E-state index contributed by atoms with van der Waals surface area (Å²) in [6, 6.07) is 9.93. The summed E-state index contributed by atoms with van der Waals surface area (Å²) in [6.07, 6.45) is 0.218. The minimum Gasteiger partial charge on any atom is -0.495 e. The highest BCUT2D eigenvalue weighted by atomic mass is 19.1. The SMILES string of the molecule is COc1ccc(NC(=O)CCc2nc3c([nH]2)c(=O)[nH]c(=O)n3C)cc1NC(=O)c1cccc(F)c1. The molecule has 4 rings (SSSR count). The number of aryl methyl sites for hydroxylation is 2. The Balaban J connectivity index is 1.45. The van der Waals surface area contributed by atoms with Gasteiger partial charge in [-0.05, 0) is 36.4 Å². The minimum absolute atomic E-state index is 0.0304. The molecule has 12 heteroatoms. The van der Waals surface area contributed by atoms with Crippen molar-refractivity contribution in [2.75, 3.05) is 17.7 Å². The molecule has 0 aliphatic rings. The Bertz CT molecular complexity index is 1550. The number of nitrogens with one attached hydrogen (secondary N) is 4. The first-order valence-corrected chi connectivity index (χ1v) is 10.5. The van der Waals surface area contributed by atoms with E-state index in [2.05, 4.69) is 25.6 Å². The van der Waals surface area contributed by atoms with Gasteiger partial charge in [0.25, 0.3) is 11.5 Å². The van der Waals surface area contributed by atoms with Gasteiger partial charge in [0.05, 0.1) is 12.8 Å².